The van der Waals surface area contributed by atoms with Gasteiger partial charge in [-0.2, -0.15) is 11.8 Å². The highest BCUT2D eigenvalue weighted by atomic mass is 32.2. The maximum Gasteiger partial charge on any atom is 0.345 e. The first-order chi connectivity index (χ1) is 16.6. The van der Waals surface area contributed by atoms with Crippen LogP contribution in [0.4, 0.5) is 4.79 Å². The lowest BCUT2D eigenvalue weighted by atomic mass is 10.1. The molecule has 0 bridgehead atoms. The van der Waals surface area contributed by atoms with Crippen molar-refractivity contribution in [1.29, 1.82) is 0 Å². The number of nitrogens with zero attached hydrogens (tertiary/aromatic N) is 2. The van der Waals surface area contributed by atoms with E-state index in [-0.39, 0.29) is 5.24 Å². The van der Waals surface area contributed by atoms with Crippen molar-refractivity contribution in [3.63, 3.8) is 0 Å². The summed E-state index contributed by atoms with van der Waals surface area (Å²) in [6.07, 6.45) is 0.660. The number of hydrazine groups is 1. The topological polar surface area (TPSA) is 60.9 Å². The molecule has 176 valence electrons. The van der Waals surface area contributed by atoms with Crippen molar-refractivity contribution in [3.8, 4) is 11.8 Å². The third-order valence-corrected chi connectivity index (χ3v) is 8.88. The van der Waals surface area contributed by atoms with Crippen LogP contribution in [-0.4, -0.2) is 57.5 Å². The van der Waals surface area contributed by atoms with Gasteiger partial charge in [-0.15, -0.1) is 22.7 Å². The second kappa shape index (κ2) is 12.5. The molecule has 1 amide bonds. The summed E-state index contributed by atoms with van der Waals surface area (Å²) >= 11 is 6.13. The van der Waals surface area contributed by atoms with Crippen molar-refractivity contribution < 1.29 is 14.7 Å². The van der Waals surface area contributed by atoms with Crippen LogP contribution in [0.2, 0.25) is 0 Å². The molecule has 1 aliphatic heterocycles. The summed E-state index contributed by atoms with van der Waals surface area (Å²) in [5, 5.41) is 15.2. The molecule has 34 heavy (non-hydrogen) atoms. The van der Waals surface area contributed by atoms with Crippen molar-refractivity contribution in [1.82, 2.24) is 10.0 Å². The molecular weight excluding hydrogens is 505 g/mol. The molecule has 2 aromatic heterocycles. The smallest absolute Gasteiger partial charge is 0.345 e. The van der Waals surface area contributed by atoms with Gasteiger partial charge in [0.25, 0.3) is 5.24 Å². The predicted molar refractivity (Wildman–Crippen MR) is 144 cm³/mol. The molecule has 9 heteroatoms. The monoisotopic (exact) mass is 528 g/mol. The minimum Gasteiger partial charge on any atom is -0.477 e. The Balaban J connectivity index is 1.26. The van der Waals surface area contributed by atoms with Gasteiger partial charge in [0.2, 0.25) is 0 Å². The minimum absolute atomic E-state index is 0.0725. The Morgan fingerprint density at radius 2 is 2.03 bits per heavy atom. The Kier molecular flexibility index (Phi) is 9.13. The highest BCUT2D eigenvalue weighted by molar-refractivity contribution is 8.13. The van der Waals surface area contributed by atoms with Gasteiger partial charge in [-0.1, -0.05) is 41.8 Å². The first kappa shape index (κ1) is 24.9. The Morgan fingerprint density at radius 1 is 1.12 bits per heavy atom. The molecular formula is C25H24N2O3S4. The zero-order valence-corrected chi connectivity index (χ0v) is 21.7. The number of thiophene rings is 2. The van der Waals surface area contributed by atoms with Gasteiger partial charge in [0, 0.05) is 53.8 Å². The molecule has 0 saturated carbocycles. The number of carboxylic acids is 1. The number of benzene rings is 1. The van der Waals surface area contributed by atoms with Crippen LogP contribution in [0.3, 0.4) is 0 Å². The van der Waals surface area contributed by atoms with Gasteiger partial charge < -0.3 is 5.11 Å². The summed E-state index contributed by atoms with van der Waals surface area (Å²) in [6.45, 7) is 2.22. The number of aromatic carboxylic acids is 1. The Bertz CT molecular complexity index is 1180. The van der Waals surface area contributed by atoms with Gasteiger partial charge in [0.1, 0.15) is 4.88 Å². The summed E-state index contributed by atoms with van der Waals surface area (Å²) < 4.78 is 0. The van der Waals surface area contributed by atoms with E-state index in [1.165, 1.54) is 28.7 Å². The average Bonchev–Trinajstić information content (AvgIpc) is 3.53. The lowest BCUT2D eigenvalue weighted by Gasteiger charge is -2.37. The maximum absolute atomic E-state index is 12.5. The van der Waals surface area contributed by atoms with Gasteiger partial charge in [-0.3, -0.25) is 9.80 Å². The third-order valence-electron chi connectivity index (χ3n) is 5.11. The molecule has 0 atom stereocenters. The number of amides is 1. The van der Waals surface area contributed by atoms with E-state index in [1.807, 2.05) is 46.4 Å². The average molecular weight is 529 g/mol. The summed E-state index contributed by atoms with van der Waals surface area (Å²) in [7, 11) is 0. The summed E-state index contributed by atoms with van der Waals surface area (Å²) in [5.41, 5.74) is 2.27. The highest BCUT2D eigenvalue weighted by Gasteiger charge is 2.26. The highest BCUT2D eigenvalue weighted by Crippen LogP contribution is 2.23. The van der Waals surface area contributed by atoms with Crippen LogP contribution in [0.25, 0.3) is 0 Å². The Labute approximate surface area is 216 Å². The van der Waals surface area contributed by atoms with E-state index in [2.05, 4.69) is 35.0 Å². The van der Waals surface area contributed by atoms with Crippen molar-refractivity contribution in [2.75, 3.05) is 31.1 Å². The van der Waals surface area contributed by atoms with Gasteiger partial charge in [-0.25, -0.2) is 9.80 Å². The molecule has 5 nitrogen and oxygen atoms in total. The predicted octanol–water partition coefficient (Wildman–Crippen LogP) is 5.77. The second-order valence-corrected chi connectivity index (χ2v) is 11.8. The van der Waals surface area contributed by atoms with E-state index in [0.29, 0.717) is 17.8 Å². The van der Waals surface area contributed by atoms with Crippen LogP contribution >= 0.6 is 46.2 Å². The molecule has 1 aromatic carbocycles. The summed E-state index contributed by atoms with van der Waals surface area (Å²) in [4.78, 5) is 26.0. The third kappa shape index (κ3) is 7.14. The van der Waals surface area contributed by atoms with E-state index >= 15 is 0 Å². The van der Waals surface area contributed by atoms with E-state index in [0.717, 1.165) is 45.7 Å². The minimum atomic E-state index is -0.903. The fourth-order valence-corrected chi connectivity index (χ4v) is 6.58. The first-order valence-electron chi connectivity index (χ1n) is 10.8. The van der Waals surface area contributed by atoms with E-state index < -0.39 is 5.97 Å². The van der Waals surface area contributed by atoms with Crippen LogP contribution in [-0.2, 0) is 12.2 Å². The van der Waals surface area contributed by atoms with Crippen LogP contribution in [0.5, 0.6) is 0 Å². The van der Waals surface area contributed by atoms with Crippen LogP contribution in [0, 0.1) is 11.8 Å². The zero-order valence-electron chi connectivity index (χ0n) is 18.4. The maximum atomic E-state index is 12.5. The largest absolute Gasteiger partial charge is 0.477 e. The fraction of sp³-hybridized carbons (Fsp3) is 0.280. The lowest BCUT2D eigenvalue weighted by Crippen LogP contribution is -2.51. The molecule has 1 aliphatic rings. The van der Waals surface area contributed by atoms with Crippen LogP contribution in [0.15, 0.2) is 53.9 Å². The van der Waals surface area contributed by atoms with Crippen LogP contribution < -0.4 is 0 Å². The molecule has 0 unspecified atom stereocenters. The number of carbonyl (C=O) groups excluding carboxylic acids is 1. The number of hydrogen-bond donors (Lipinski definition) is 1. The Morgan fingerprint density at radius 3 is 2.82 bits per heavy atom. The van der Waals surface area contributed by atoms with Gasteiger partial charge >= 0.3 is 5.97 Å². The lowest BCUT2D eigenvalue weighted by molar-refractivity contribution is 0.0349. The van der Waals surface area contributed by atoms with E-state index in [4.69, 9.17) is 5.11 Å². The molecule has 3 heterocycles. The van der Waals surface area contributed by atoms with Crippen molar-refractivity contribution in [3.05, 3.63) is 79.7 Å². The molecule has 0 spiro atoms. The summed E-state index contributed by atoms with van der Waals surface area (Å²) in [5.74, 6) is 8.16. The number of rotatable bonds is 9. The SMILES string of the molecule is O=C(O)c1ccc(CCN2C(=O)SCCN2CCSCc2cccc(C#Cc3cccs3)c2)s1. The fourth-order valence-electron chi connectivity index (χ4n) is 3.44. The van der Waals surface area contributed by atoms with Crippen molar-refractivity contribution >= 4 is 57.4 Å². The number of thioether (sulfide) groups is 2. The standard InChI is InChI=1S/C25H24N2O3S4/c28-24(29)23-9-8-22(34-23)10-11-27-25(30)33-16-13-26(27)12-15-31-18-20-4-1-3-19(17-20)6-7-21-5-2-14-32-21/h1-5,8-9,14,17H,10-13,15-16,18H2,(H,28,29). The molecule has 1 saturated heterocycles. The van der Waals surface area contributed by atoms with Crippen LogP contribution in [0.1, 0.15) is 30.6 Å². The van der Waals surface area contributed by atoms with Gasteiger partial charge in [0.05, 0.1) is 4.88 Å². The normalized spacial score (nSPS) is 14.1. The number of carbonyl (C=O) groups is 2. The first-order valence-corrected chi connectivity index (χ1v) is 14.7. The number of carboxylic acid groups (broad SMARTS) is 1. The molecule has 1 N–H and O–H groups in total. The van der Waals surface area contributed by atoms with Crippen molar-refractivity contribution in [2.24, 2.45) is 0 Å². The summed E-state index contributed by atoms with van der Waals surface area (Å²) in [6, 6.07) is 15.9. The van der Waals surface area contributed by atoms with Gasteiger partial charge in [0.15, 0.2) is 0 Å². The molecule has 3 aromatic rings. The number of hydrogen-bond acceptors (Lipinski definition) is 7. The molecule has 0 radical (unpaired) electrons. The Hall–Kier alpha value is -2.22. The molecule has 0 aliphatic carbocycles. The van der Waals surface area contributed by atoms with E-state index in [1.54, 1.807) is 17.4 Å². The zero-order chi connectivity index (χ0) is 23.8. The molecule has 1 fully saturated rings. The van der Waals surface area contributed by atoms with Crippen molar-refractivity contribution in [2.45, 2.75) is 12.2 Å². The second-order valence-electron chi connectivity index (χ2n) is 7.49. The quantitative estimate of drug-likeness (QED) is 0.281. The van der Waals surface area contributed by atoms with Gasteiger partial charge in [-0.05, 0) is 41.3 Å². The molecule has 4 rings (SSSR count). The van der Waals surface area contributed by atoms with E-state index in [9.17, 15) is 9.59 Å².